The van der Waals surface area contributed by atoms with E-state index in [2.05, 4.69) is 15.9 Å². The zero-order valence-electron chi connectivity index (χ0n) is 15.6. The summed E-state index contributed by atoms with van der Waals surface area (Å²) in [7, 11) is 0. The van der Waals surface area contributed by atoms with E-state index in [4.69, 9.17) is 25.8 Å². The molecule has 0 heterocycles. The summed E-state index contributed by atoms with van der Waals surface area (Å²) in [4.78, 5) is 0. The first-order chi connectivity index (χ1) is 14.6. The lowest BCUT2D eigenvalue weighted by molar-refractivity contribution is 0.386. The molecule has 0 amide bonds. The van der Waals surface area contributed by atoms with E-state index in [0.29, 0.717) is 17.2 Å². The van der Waals surface area contributed by atoms with Crippen LogP contribution >= 0.6 is 27.5 Å². The maximum absolute atomic E-state index is 10.6. The van der Waals surface area contributed by atoms with Gasteiger partial charge in [0.2, 0.25) is 0 Å². The van der Waals surface area contributed by atoms with Crippen molar-refractivity contribution in [2.24, 2.45) is 0 Å². The summed E-state index contributed by atoms with van der Waals surface area (Å²) in [6.45, 7) is 0. The smallest absolute Gasteiger partial charge is 0.192 e. The lowest BCUT2D eigenvalue weighted by Gasteiger charge is -2.18. The van der Waals surface area contributed by atoms with Crippen LogP contribution in [0.4, 0.5) is 0 Å². The van der Waals surface area contributed by atoms with E-state index >= 15 is 0 Å². The fourth-order valence-corrected chi connectivity index (χ4v) is 3.22. The van der Waals surface area contributed by atoms with Crippen LogP contribution < -0.4 is 14.2 Å². The standard InChI is InChI=1S/C24H16BrClO4/c25-16-11-13-19(14-12-16)29-23-20(27)15-21(28-17-7-3-1-4-8-17)24(22(23)26)30-18-9-5-2-6-10-18/h1-15,27H. The van der Waals surface area contributed by atoms with E-state index in [1.165, 1.54) is 6.07 Å². The Kier molecular flexibility index (Phi) is 6.12. The molecule has 1 N–H and O–H groups in total. The van der Waals surface area contributed by atoms with Crippen molar-refractivity contribution in [3.63, 3.8) is 0 Å². The van der Waals surface area contributed by atoms with Gasteiger partial charge in [-0.25, -0.2) is 0 Å². The van der Waals surface area contributed by atoms with Gasteiger partial charge in [0.25, 0.3) is 0 Å². The first kappa shape index (κ1) is 20.1. The molecule has 0 aliphatic heterocycles. The summed E-state index contributed by atoms with van der Waals surface area (Å²) in [5.41, 5.74) is 0. The van der Waals surface area contributed by atoms with E-state index in [1.54, 1.807) is 36.4 Å². The van der Waals surface area contributed by atoms with Crippen LogP contribution in [0, 0.1) is 0 Å². The number of phenolic OH excluding ortho intramolecular Hbond substituents is 1. The van der Waals surface area contributed by atoms with Gasteiger partial charge in [0.1, 0.15) is 22.3 Å². The molecular weight excluding hydrogens is 468 g/mol. The molecule has 0 aliphatic carbocycles. The van der Waals surface area contributed by atoms with Crippen LogP contribution in [0.25, 0.3) is 0 Å². The number of para-hydroxylation sites is 2. The average molecular weight is 484 g/mol. The van der Waals surface area contributed by atoms with Gasteiger partial charge in [0.05, 0.1) is 0 Å². The van der Waals surface area contributed by atoms with E-state index in [1.807, 2.05) is 48.5 Å². The van der Waals surface area contributed by atoms with Crippen molar-refractivity contribution >= 4 is 27.5 Å². The highest BCUT2D eigenvalue weighted by Crippen LogP contribution is 2.51. The van der Waals surface area contributed by atoms with Crippen molar-refractivity contribution in [3.05, 3.63) is 100 Å². The van der Waals surface area contributed by atoms with E-state index in [-0.39, 0.29) is 28.0 Å². The van der Waals surface area contributed by atoms with Crippen molar-refractivity contribution in [3.8, 4) is 40.2 Å². The van der Waals surface area contributed by atoms with Gasteiger partial charge in [-0.05, 0) is 48.5 Å². The minimum Gasteiger partial charge on any atom is -0.504 e. The van der Waals surface area contributed by atoms with Crippen molar-refractivity contribution in [1.82, 2.24) is 0 Å². The largest absolute Gasteiger partial charge is 0.504 e. The number of hydrogen-bond donors (Lipinski definition) is 1. The molecule has 150 valence electrons. The summed E-state index contributed by atoms with van der Waals surface area (Å²) >= 11 is 10.00. The summed E-state index contributed by atoms with van der Waals surface area (Å²) in [5, 5.41) is 10.7. The molecule has 0 saturated carbocycles. The molecule has 0 bridgehead atoms. The van der Waals surface area contributed by atoms with Crippen molar-refractivity contribution in [1.29, 1.82) is 0 Å². The molecule has 0 aliphatic rings. The van der Waals surface area contributed by atoms with Gasteiger partial charge >= 0.3 is 0 Å². The second-order valence-electron chi connectivity index (χ2n) is 6.25. The molecule has 0 spiro atoms. The minimum atomic E-state index is -0.172. The van der Waals surface area contributed by atoms with Crippen LogP contribution in [-0.4, -0.2) is 5.11 Å². The summed E-state index contributed by atoms with van der Waals surface area (Å²) in [6.07, 6.45) is 0. The zero-order valence-corrected chi connectivity index (χ0v) is 17.9. The van der Waals surface area contributed by atoms with Crippen molar-refractivity contribution in [2.45, 2.75) is 0 Å². The van der Waals surface area contributed by atoms with Crippen LogP contribution in [0.3, 0.4) is 0 Å². The molecule has 0 saturated heterocycles. The number of aromatic hydroxyl groups is 1. The predicted molar refractivity (Wildman–Crippen MR) is 120 cm³/mol. The number of halogens is 2. The Morgan fingerprint density at radius 3 is 1.73 bits per heavy atom. The van der Waals surface area contributed by atoms with Gasteiger partial charge in [-0.1, -0.05) is 63.9 Å². The molecule has 0 aromatic heterocycles. The molecule has 30 heavy (non-hydrogen) atoms. The Bertz CT molecular complexity index is 1130. The van der Waals surface area contributed by atoms with Crippen molar-refractivity contribution < 1.29 is 19.3 Å². The first-order valence-electron chi connectivity index (χ1n) is 9.05. The molecule has 6 heteroatoms. The summed E-state index contributed by atoms with van der Waals surface area (Å²) in [6, 6.07) is 26.9. The molecule has 0 atom stereocenters. The van der Waals surface area contributed by atoms with Crippen molar-refractivity contribution in [2.75, 3.05) is 0 Å². The fraction of sp³-hybridized carbons (Fsp3) is 0. The third-order valence-corrected chi connectivity index (χ3v) is 4.96. The molecule has 0 unspecified atom stereocenters. The zero-order chi connectivity index (χ0) is 20.9. The quantitative estimate of drug-likeness (QED) is 0.300. The lowest BCUT2D eigenvalue weighted by atomic mass is 10.2. The Hall–Kier alpha value is -3.15. The second-order valence-corrected chi connectivity index (χ2v) is 7.55. The van der Waals surface area contributed by atoms with Crippen LogP contribution in [0.5, 0.6) is 40.2 Å². The van der Waals surface area contributed by atoms with Crippen LogP contribution in [0.1, 0.15) is 0 Å². The van der Waals surface area contributed by atoms with Gasteiger partial charge in [0.15, 0.2) is 23.0 Å². The van der Waals surface area contributed by atoms with Gasteiger partial charge in [-0.2, -0.15) is 0 Å². The highest BCUT2D eigenvalue weighted by Gasteiger charge is 2.22. The molecule has 4 rings (SSSR count). The molecule has 0 fully saturated rings. The molecular formula is C24H16BrClO4. The number of hydrogen-bond acceptors (Lipinski definition) is 4. The lowest BCUT2D eigenvalue weighted by Crippen LogP contribution is -1.95. The van der Waals surface area contributed by atoms with Crippen LogP contribution in [0.2, 0.25) is 5.02 Å². The Morgan fingerprint density at radius 2 is 1.13 bits per heavy atom. The number of rotatable bonds is 6. The fourth-order valence-electron chi connectivity index (χ4n) is 2.69. The number of benzene rings is 4. The van der Waals surface area contributed by atoms with E-state index < -0.39 is 0 Å². The normalized spacial score (nSPS) is 10.5. The maximum Gasteiger partial charge on any atom is 0.192 e. The Labute approximate surface area is 187 Å². The highest BCUT2D eigenvalue weighted by atomic mass is 79.9. The Morgan fingerprint density at radius 1 is 0.633 bits per heavy atom. The SMILES string of the molecule is Oc1cc(Oc2ccccc2)c(Oc2ccccc2)c(Cl)c1Oc1ccc(Br)cc1. The predicted octanol–water partition coefficient (Wildman–Crippen LogP) is 8.19. The van der Waals surface area contributed by atoms with E-state index in [0.717, 1.165) is 4.47 Å². The number of phenols is 1. The maximum atomic E-state index is 10.6. The minimum absolute atomic E-state index is 0.0744. The highest BCUT2D eigenvalue weighted by molar-refractivity contribution is 9.10. The van der Waals surface area contributed by atoms with Gasteiger partial charge in [-0.3, -0.25) is 0 Å². The van der Waals surface area contributed by atoms with Crippen LogP contribution in [-0.2, 0) is 0 Å². The molecule has 4 aromatic rings. The summed E-state index contributed by atoms with van der Waals surface area (Å²) in [5.74, 6) is 2.05. The topological polar surface area (TPSA) is 47.9 Å². The molecule has 4 nitrogen and oxygen atoms in total. The third kappa shape index (κ3) is 4.70. The second kappa shape index (κ2) is 9.11. The monoisotopic (exact) mass is 482 g/mol. The van der Waals surface area contributed by atoms with Gasteiger partial charge in [-0.15, -0.1) is 0 Å². The van der Waals surface area contributed by atoms with E-state index in [9.17, 15) is 5.11 Å². The Balaban J connectivity index is 1.76. The average Bonchev–Trinajstić information content (AvgIpc) is 2.77. The first-order valence-corrected chi connectivity index (χ1v) is 10.2. The third-order valence-electron chi connectivity index (χ3n) is 4.09. The molecule has 4 aromatic carbocycles. The summed E-state index contributed by atoms with van der Waals surface area (Å²) < 4.78 is 18.7. The molecule has 0 radical (unpaired) electrons. The van der Waals surface area contributed by atoms with Crippen LogP contribution in [0.15, 0.2) is 95.5 Å². The van der Waals surface area contributed by atoms with Gasteiger partial charge in [0, 0.05) is 10.5 Å². The number of ether oxygens (including phenoxy) is 3. The van der Waals surface area contributed by atoms with Gasteiger partial charge < -0.3 is 19.3 Å².